The van der Waals surface area contributed by atoms with Crippen LogP contribution < -0.4 is 13.8 Å². The molecule has 2 aromatic rings. The fourth-order valence-corrected chi connectivity index (χ4v) is 4.40. The number of nitrogens with zero attached hydrogens (tertiary/aromatic N) is 1. The van der Waals surface area contributed by atoms with Crippen LogP contribution in [0.2, 0.25) is 10.0 Å². The van der Waals surface area contributed by atoms with E-state index < -0.39 is 16.0 Å². The van der Waals surface area contributed by atoms with Gasteiger partial charge < -0.3 is 14.6 Å². The summed E-state index contributed by atoms with van der Waals surface area (Å²) >= 11 is 11.9. The van der Waals surface area contributed by atoms with Gasteiger partial charge in [0.25, 0.3) is 10.0 Å². The van der Waals surface area contributed by atoms with Crippen LogP contribution in [0, 0.1) is 0 Å². The third kappa shape index (κ3) is 5.01. The third-order valence-corrected chi connectivity index (χ3v) is 6.43. The molecule has 7 nitrogen and oxygen atoms in total. The quantitative estimate of drug-likeness (QED) is 0.622. The second-order valence-electron chi connectivity index (χ2n) is 5.69. The number of ether oxygens (including phenoxy) is 2. The molecule has 0 aliphatic rings. The van der Waals surface area contributed by atoms with Gasteiger partial charge in [-0.1, -0.05) is 23.2 Å². The van der Waals surface area contributed by atoms with Crippen LogP contribution in [0.5, 0.6) is 11.5 Å². The highest BCUT2D eigenvalue weighted by atomic mass is 35.5. The maximum Gasteiger partial charge on any atom is 0.303 e. The summed E-state index contributed by atoms with van der Waals surface area (Å²) in [4.78, 5) is 10.8. The zero-order valence-corrected chi connectivity index (χ0v) is 17.5. The average molecular weight is 448 g/mol. The highest BCUT2D eigenvalue weighted by molar-refractivity contribution is 7.92. The minimum Gasteiger partial charge on any atom is -0.497 e. The van der Waals surface area contributed by atoms with E-state index in [2.05, 4.69) is 0 Å². The summed E-state index contributed by atoms with van der Waals surface area (Å²) in [6.45, 7) is -0.0849. The van der Waals surface area contributed by atoms with Gasteiger partial charge in [-0.15, -0.1) is 0 Å². The summed E-state index contributed by atoms with van der Waals surface area (Å²) < 4.78 is 38.2. The lowest BCUT2D eigenvalue weighted by Crippen LogP contribution is -2.32. The van der Waals surface area contributed by atoms with E-state index in [1.165, 1.54) is 38.5 Å². The molecule has 2 aromatic carbocycles. The number of rotatable bonds is 9. The minimum atomic E-state index is -4.09. The topological polar surface area (TPSA) is 93.1 Å². The lowest BCUT2D eigenvalue weighted by molar-refractivity contribution is -0.137. The molecule has 0 atom stereocenters. The van der Waals surface area contributed by atoms with E-state index in [-0.39, 0.29) is 40.0 Å². The maximum atomic E-state index is 13.3. The van der Waals surface area contributed by atoms with Gasteiger partial charge in [-0.2, -0.15) is 0 Å². The SMILES string of the molecule is COc1ccc(OC)c(N(CCCC(=O)O)S(=O)(=O)c2ccc(Cl)c(Cl)c2)c1. The monoisotopic (exact) mass is 447 g/mol. The molecule has 28 heavy (non-hydrogen) atoms. The number of hydrogen-bond donors (Lipinski definition) is 1. The molecule has 0 aliphatic heterocycles. The average Bonchev–Trinajstić information content (AvgIpc) is 2.66. The summed E-state index contributed by atoms with van der Waals surface area (Å²) in [5.41, 5.74) is 0.221. The Kier molecular flexibility index (Phi) is 7.40. The van der Waals surface area contributed by atoms with Gasteiger partial charge in [0.05, 0.1) is 34.8 Å². The number of carboxylic acid groups (broad SMARTS) is 1. The van der Waals surface area contributed by atoms with E-state index >= 15 is 0 Å². The molecule has 0 fully saturated rings. The normalized spacial score (nSPS) is 11.1. The Morgan fingerprint density at radius 2 is 1.79 bits per heavy atom. The standard InChI is InChI=1S/C18H19Cl2NO6S/c1-26-12-5-8-17(27-2)16(10-12)21(9-3-4-18(22)23)28(24,25)13-6-7-14(19)15(20)11-13/h5-8,10-11H,3-4,9H2,1-2H3,(H,22,23). The second kappa shape index (κ2) is 9.36. The molecule has 0 amide bonds. The predicted molar refractivity (Wildman–Crippen MR) is 107 cm³/mol. The summed E-state index contributed by atoms with van der Waals surface area (Å²) in [6.07, 6.45) is -0.101. The van der Waals surface area contributed by atoms with Crippen LogP contribution in [-0.4, -0.2) is 40.3 Å². The molecular formula is C18H19Cl2NO6S. The molecule has 0 radical (unpaired) electrons. The Bertz CT molecular complexity index is 965. The molecule has 152 valence electrons. The number of methoxy groups -OCH3 is 2. The number of benzene rings is 2. The van der Waals surface area contributed by atoms with Crippen LogP contribution in [0.15, 0.2) is 41.3 Å². The fourth-order valence-electron chi connectivity index (χ4n) is 2.50. The van der Waals surface area contributed by atoms with Crippen LogP contribution in [0.4, 0.5) is 5.69 Å². The number of sulfonamides is 1. The Morgan fingerprint density at radius 3 is 2.36 bits per heavy atom. The molecule has 0 aliphatic carbocycles. The summed E-state index contributed by atoms with van der Waals surface area (Å²) in [5, 5.41) is 9.23. The van der Waals surface area contributed by atoms with Crippen LogP contribution in [0.3, 0.4) is 0 Å². The molecule has 0 unspecified atom stereocenters. The number of halogens is 2. The zero-order chi connectivity index (χ0) is 20.9. The third-order valence-electron chi connectivity index (χ3n) is 3.89. The van der Waals surface area contributed by atoms with Crippen molar-refractivity contribution in [3.8, 4) is 11.5 Å². The fraction of sp³-hybridized carbons (Fsp3) is 0.278. The van der Waals surface area contributed by atoms with Gasteiger partial charge in [0.2, 0.25) is 0 Å². The molecule has 0 saturated heterocycles. The van der Waals surface area contributed by atoms with E-state index in [0.717, 1.165) is 4.31 Å². The van der Waals surface area contributed by atoms with E-state index in [1.54, 1.807) is 12.1 Å². The largest absolute Gasteiger partial charge is 0.497 e. The lowest BCUT2D eigenvalue weighted by atomic mass is 10.2. The van der Waals surface area contributed by atoms with Crippen molar-refractivity contribution >= 4 is 44.9 Å². The smallest absolute Gasteiger partial charge is 0.303 e. The summed E-state index contributed by atoms with van der Waals surface area (Å²) in [6, 6.07) is 8.67. The Balaban J connectivity index is 2.58. The first-order valence-corrected chi connectivity index (χ1v) is 10.3. The van der Waals surface area contributed by atoms with Crippen LogP contribution in [0.1, 0.15) is 12.8 Å². The van der Waals surface area contributed by atoms with Gasteiger partial charge in [0, 0.05) is 19.0 Å². The Hall–Kier alpha value is -2.16. The minimum absolute atomic E-state index is 0.0814. The highest BCUT2D eigenvalue weighted by Crippen LogP contribution is 2.36. The molecule has 2 rings (SSSR count). The lowest BCUT2D eigenvalue weighted by Gasteiger charge is -2.26. The second-order valence-corrected chi connectivity index (χ2v) is 8.36. The summed E-state index contributed by atoms with van der Waals surface area (Å²) in [5.74, 6) is -0.312. The number of carbonyl (C=O) groups is 1. The van der Waals surface area contributed by atoms with E-state index in [1.807, 2.05) is 0 Å². The van der Waals surface area contributed by atoms with Crippen molar-refractivity contribution in [3.05, 3.63) is 46.4 Å². The molecule has 10 heteroatoms. The number of anilines is 1. The van der Waals surface area contributed by atoms with Crippen LogP contribution >= 0.6 is 23.2 Å². The van der Waals surface area contributed by atoms with E-state index in [9.17, 15) is 13.2 Å². The Morgan fingerprint density at radius 1 is 1.07 bits per heavy atom. The molecule has 0 saturated carbocycles. The van der Waals surface area contributed by atoms with Crippen molar-refractivity contribution in [2.45, 2.75) is 17.7 Å². The first kappa shape index (κ1) is 22.1. The van der Waals surface area contributed by atoms with Crippen LogP contribution in [0.25, 0.3) is 0 Å². The van der Waals surface area contributed by atoms with Crippen molar-refractivity contribution in [1.82, 2.24) is 0 Å². The van der Waals surface area contributed by atoms with Gasteiger partial charge in [-0.3, -0.25) is 9.10 Å². The molecule has 0 aromatic heterocycles. The van der Waals surface area contributed by atoms with E-state index in [4.69, 9.17) is 37.8 Å². The van der Waals surface area contributed by atoms with Crippen molar-refractivity contribution in [2.24, 2.45) is 0 Å². The highest BCUT2D eigenvalue weighted by Gasteiger charge is 2.28. The molecule has 0 bridgehead atoms. The predicted octanol–water partition coefficient (Wildman–Crippen LogP) is 4.07. The van der Waals surface area contributed by atoms with Gasteiger partial charge in [-0.05, 0) is 36.8 Å². The first-order chi connectivity index (χ1) is 13.2. The molecule has 0 spiro atoms. The summed E-state index contributed by atoms with van der Waals surface area (Å²) in [7, 11) is -1.23. The number of carboxylic acids is 1. The molecule has 1 N–H and O–H groups in total. The Labute approximate surface area is 173 Å². The van der Waals surface area contributed by atoms with Crippen LogP contribution in [-0.2, 0) is 14.8 Å². The maximum absolute atomic E-state index is 13.3. The van der Waals surface area contributed by atoms with Crippen molar-refractivity contribution in [2.75, 3.05) is 25.1 Å². The zero-order valence-electron chi connectivity index (χ0n) is 15.2. The van der Waals surface area contributed by atoms with Gasteiger partial charge >= 0.3 is 5.97 Å². The number of aliphatic carboxylic acids is 1. The van der Waals surface area contributed by atoms with Crippen molar-refractivity contribution < 1.29 is 27.8 Å². The van der Waals surface area contributed by atoms with Gasteiger partial charge in [-0.25, -0.2) is 8.42 Å². The van der Waals surface area contributed by atoms with Crippen molar-refractivity contribution in [3.63, 3.8) is 0 Å². The van der Waals surface area contributed by atoms with Gasteiger partial charge in [0.1, 0.15) is 11.5 Å². The molecular weight excluding hydrogens is 429 g/mol. The van der Waals surface area contributed by atoms with Gasteiger partial charge in [0.15, 0.2) is 0 Å². The van der Waals surface area contributed by atoms with E-state index in [0.29, 0.717) is 11.5 Å². The number of hydrogen-bond acceptors (Lipinski definition) is 5. The van der Waals surface area contributed by atoms with Crippen molar-refractivity contribution in [1.29, 1.82) is 0 Å². The molecule has 0 heterocycles. The first-order valence-electron chi connectivity index (χ1n) is 8.12.